The van der Waals surface area contributed by atoms with E-state index in [1.54, 1.807) is 4.90 Å². The molecule has 0 bridgehead atoms. The fourth-order valence-corrected chi connectivity index (χ4v) is 2.61. The molecular weight excluding hydrogens is 262 g/mol. The second-order valence-electron chi connectivity index (χ2n) is 5.23. The summed E-state index contributed by atoms with van der Waals surface area (Å²) in [5.74, 6) is -1.76. The third-order valence-electron chi connectivity index (χ3n) is 3.68. The molecule has 1 aliphatic rings. The van der Waals surface area contributed by atoms with Crippen LogP contribution < -0.4 is 5.32 Å². The van der Waals surface area contributed by atoms with Gasteiger partial charge in [-0.05, 0) is 37.9 Å². The number of amides is 1. The molecule has 1 saturated heterocycles. The fourth-order valence-electron chi connectivity index (χ4n) is 2.61. The topological polar surface area (TPSA) is 32.3 Å². The van der Waals surface area contributed by atoms with Crippen LogP contribution in [0.15, 0.2) is 12.1 Å². The van der Waals surface area contributed by atoms with Crippen LogP contribution in [0.5, 0.6) is 0 Å². The molecule has 110 valence electrons. The lowest BCUT2D eigenvalue weighted by Gasteiger charge is -2.33. The second-order valence-corrected chi connectivity index (χ2v) is 5.23. The first kappa shape index (κ1) is 14.9. The van der Waals surface area contributed by atoms with Crippen molar-refractivity contribution in [2.45, 2.75) is 32.7 Å². The van der Waals surface area contributed by atoms with Gasteiger partial charge in [0, 0.05) is 25.2 Å². The molecule has 1 unspecified atom stereocenters. The van der Waals surface area contributed by atoms with Crippen LogP contribution in [0.1, 0.15) is 35.7 Å². The van der Waals surface area contributed by atoms with Crippen molar-refractivity contribution in [3.8, 4) is 0 Å². The number of likely N-dealkylation sites (N-methyl/N-ethyl adjacent to an activating group) is 1. The Morgan fingerprint density at radius 3 is 2.85 bits per heavy atom. The normalized spacial score (nSPS) is 19.2. The summed E-state index contributed by atoms with van der Waals surface area (Å²) < 4.78 is 27.0. The second kappa shape index (κ2) is 6.31. The molecule has 1 N–H and O–H groups in total. The van der Waals surface area contributed by atoms with Gasteiger partial charge in [0.05, 0.1) is 5.56 Å². The maximum Gasteiger partial charge on any atom is 0.256 e. The summed E-state index contributed by atoms with van der Waals surface area (Å²) in [5.41, 5.74) is 0.246. The number of aryl methyl sites for hydroxylation is 1. The number of benzene rings is 1. The number of carbonyl (C=O) groups is 1. The molecule has 1 amide bonds. The highest BCUT2D eigenvalue weighted by Gasteiger charge is 2.26. The summed E-state index contributed by atoms with van der Waals surface area (Å²) in [7, 11) is 0. The van der Waals surface area contributed by atoms with Crippen LogP contribution in [0.4, 0.5) is 8.78 Å². The molecular formula is C15H20F2N2O. The van der Waals surface area contributed by atoms with Crippen molar-refractivity contribution in [3.63, 3.8) is 0 Å². The van der Waals surface area contributed by atoms with Crippen molar-refractivity contribution >= 4 is 5.91 Å². The van der Waals surface area contributed by atoms with Crippen molar-refractivity contribution in [3.05, 3.63) is 34.9 Å². The van der Waals surface area contributed by atoms with E-state index in [0.29, 0.717) is 13.1 Å². The van der Waals surface area contributed by atoms with Crippen molar-refractivity contribution < 1.29 is 13.6 Å². The predicted octanol–water partition coefficient (Wildman–Crippen LogP) is 2.49. The molecule has 20 heavy (non-hydrogen) atoms. The van der Waals surface area contributed by atoms with Gasteiger partial charge in [-0.1, -0.05) is 6.92 Å². The highest BCUT2D eigenvalue weighted by Crippen LogP contribution is 2.19. The van der Waals surface area contributed by atoms with Gasteiger partial charge in [0.1, 0.15) is 11.6 Å². The zero-order valence-corrected chi connectivity index (χ0v) is 11.9. The molecule has 0 spiro atoms. The Labute approximate surface area is 118 Å². The summed E-state index contributed by atoms with van der Waals surface area (Å²) >= 11 is 0. The molecule has 1 aromatic carbocycles. The maximum absolute atomic E-state index is 13.8. The number of hydrogen-bond donors (Lipinski definition) is 1. The van der Waals surface area contributed by atoms with Crippen molar-refractivity contribution in [2.75, 3.05) is 19.6 Å². The zero-order valence-electron chi connectivity index (χ0n) is 11.9. The lowest BCUT2D eigenvalue weighted by Crippen LogP contribution is -2.48. The van der Waals surface area contributed by atoms with Crippen LogP contribution in [0, 0.1) is 18.6 Å². The zero-order chi connectivity index (χ0) is 14.7. The molecule has 1 aromatic rings. The third-order valence-corrected chi connectivity index (χ3v) is 3.68. The number of nitrogens with zero attached hydrogens (tertiary/aromatic N) is 1. The average molecular weight is 282 g/mol. The number of hydrogen-bond acceptors (Lipinski definition) is 2. The SMILES string of the molecule is CCNC1CCCN(C(=O)c2cc(C)c(F)cc2F)C1. The summed E-state index contributed by atoms with van der Waals surface area (Å²) in [6.45, 7) is 5.59. The van der Waals surface area contributed by atoms with E-state index in [0.717, 1.165) is 25.5 Å². The van der Waals surface area contributed by atoms with Crippen molar-refractivity contribution in [1.82, 2.24) is 10.2 Å². The Morgan fingerprint density at radius 2 is 2.15 bits per heavy atom. The molecule has 1 heterocycles. The number of piperidine rings is 1. The summed E-state index contributed by atoms with van der Waals surface area (Å²) in [4.78, 5) is 14.0. The Bertz CT molecular complexity index is 503. The number of rotatable bonds is 3. The minimum atomic E-state index is -0.788. The highest BCUT2D eigenvalue weighted by atomic mass is 19.1. The van der Waals surface area contributed by atoms with Gasteiger partial charge in [0.2, 0.25) is 0 Å². The maximum atomic E-state index is 13.8. The van der Waals surface area contributed by atoms with E-state index in [4.69, 9.17) is 0 Å². The number of nitrogens with one attached hydrogen (secondary N) is 1. The molecule has 0 saturated carbocycles. The lowest BCUT2D eigenvalue weighted by molar-refractivity contribution is 0.0690. The predicted molar refractivity (Wildman–Crippen MR) is 73.7 cm³/mol. The number of carbonyl (C=O) groups excluding carboxylic acids is 1. The average Bonchev–Trinajstić information content (AvgIpc) is 2.43. The van der Waals surface area contributed by atoms with E-state index in [1.165, 1.54) is 13.0 Å². The standard InChI is InChI=1S/C15H20F2N2O/c1-3-18-11-5-4-6-19(9-11)15(20)12-7-10(2)13(16)8-14(12)17/h7-8,11,18H,3-6,9H2,1-2H3. The van der Waals surface area contributed by atoms with E-state index in [1.807, 2.05) is 6.92 Å². The first-order valence-corrected chi connectivity index (χ1v) is 7.01. The Hall–Kier alpha value is -1.49. The molecule has 0 aliphatic carbocycles. The van der Waals surface area contributed by atoms with E-state index in [-0.39, 0.29) is 23.1 Å². The highest BCUT2D eigenvalue weighted by molar-refractivity contribution is 5.94. The largest absolute Gasteiger partial charge is 0.337 e. The third kappa shape index (κ3) is 3.15. The Morgan fingerprint density at radius 1 is 1.40 bits per heavy atom. The molecule has 2 rings (SSSR count). The van der Waals surface area contributed by atoms with E-state index >= 15 is 0 Å². The smallest absolute Gasteiger partial charge is 0.256 e. The van der Waals surface area contributed by atoms with Crippen LogP contribution >= 0.6 is 0 Å². The van der Waals surface area contributed by atoms with Crippen LogP contribution in [0.25, 0.3) is 0 Å². The summed E-state index contributed by atoms with van der Waals surface area (Å²) in [6.07, 6.45) is 1.91. The molecule has 5 heteroatoms. The molecule has 1 atom stereocenters. The summed E-state index contributed by atoms with van der Waals surface area (Å²) in [5, 5.41) is 3.31. The molecule has 3 nitrogen and oxygen atoms in total. The van der Waals surface area contributed by atoms with Crippen LogP contribution in [-0.2, 0) is 0 Å². The van der Waals surface area contributed by atoms with Gasteiger partial charge in [-0.3, -0.25) is 4.79 Å². The van der Waals surface area contributed by atoms with E-state index in [9.17, 15) is 13.6 Å². The van der Waals surface area contributed by atoms with Crippen LogP contribution in [0.2, 0.25) is 0 Å². The van der Waals surface area contributed by atoms with Gasteiger partial charge in [-0.25, -0.2) is 8.78 Å². The minimum Gasteiger partial charge on any atom is -0.337 e. The fraction of sp³-hybridized carbons (Fsp3) is 0.533. The lowest BCUT2D eigenvalue weighted by atomic mass is 10.0. The van der Waals surface area contributed by atoms with Crippen LogP contribution in [-0.4, -0.2) is 36.5 Å². The van der Waals surface area contributed by atoms with Gasteiger partial charge in [-0.2, -0.15) is 0 Å². The van der Waals surface area contributed by atoms with Gasteiger partial charge < -0.3 is 10.2 Å². The van der Waals surface area contributed by atoms with Crippen LogP contribution in [0.3, 0.4) is 0 Å². The number of halogens is 2. The first-order chi connectivity index (χ1) is 9.52. The number of likely N-dealkylation sites (tertiary alicyclic amines) is 1. The Balaban J connectivity index is 2.16. The van der Waals surface area contributed by atoms with Crippen molar-refractivity contribution in [2.24, 2.45) is 0 Å². The summed E-state index contributed by atoms with van der Waals surface area (Å²) in [6, 6.07) is 2.33. The van der Waals surface area contributed by atoms with E-state index < -0.39 is 11.6 Å². The molecule has 0 radical (unpaired) electrons. The first-order valence-electron chi connectivity index (χ1n) is 7.01. The molecule has 0 aromatic heterocycles. The molecule has 1 aliphatic heterocycles. The van der Waals surface area contributed by atoms with E-state index in [2.05, 4.69) is 5.32 Å². The monoisotopic (exact) mass is 282 g/mol. The Kier molecular flexibility index (Phi) is 4.70. The molecule has 1 fully saturated rings. The van der Waals surface area contributed by atoms with Gasteiger partial charge in [0.25, 0.3) is 5.91 Å². The van der Waals surface area contributed by atoms with Gasteiger partial charge >= 0.3 is 0 Å². The van der Waals surface area contributed by atoms with Gasteiger partial charge in [0.15, 0.2) is 0 Å². The quantitative estimate of drug-likeness (QED) is 0.924. The minimum absolute atomic E-state index is 0.0407. The van der Waals surface area contributed by atoms with Crippen molar-refractivity contribution in [1.29, 1.82) is 0 Å². The van der Waals surface area contributed by atoms with Gasteiger partial charge in [-0.15, -0.1) is 0 Å².